The number of halogens is 2. The van der Waals surface area contributed by atoms with Crippen LogP contribution in [0.15, 0.2) is 0 Å². The van der Waals surface area contributed by atoms with Crippen molar-refractivity contribution in [2.45, 2.75) is 44.6 Å². The van der Waals surface area contributed by atoms with Crippen molar-refractivity contribution >= 4 is 27.5 Å². The van der Waals surface area contributed by atoms with E-state index in [9.17, 15) is 0 Å². The zero-order chi connectivity index (χ0) is 12.4. The molecule has 0 saturated carbocycles. The van der Waals surface area contributed by atoms with Gasteiger partial charge in [0.2, 0.25) is 0 Å². The van der Waals surface area contributed by atoms with Crippen LogP contribution in [-0.2, 0) is 13.1 Å². The van der Waals surface area contributed by atoms with Gasteiger partial charge in [0.1, 0.15) is 0 Å². The summed E-state index contributed by atoms with van der Waals surface area (Å²) in [5.41, 5.74) is 2.10. The van der Waals surface area contributed by atoms with Crippen LogP contribution in [0.1, 0.15) is 31.2 Å². The predicted molar refractivity (Wildman–Crippen MR) is 74.9 cm³/mol. The van der Waals surface area contributed by atoms with Gasteiger partial charge >= 0.3 is 0 Å². The predicted octanol–water partition coefficient (Wildman–Crippen LogP) is 3.22. The van der Waals surface area contributed by atoms with E-state index in [0.717, 1.165) is 42.6 Å². The normalized spacial score (nSPS) is 22.0. The molecule has 96 valence electrons. The van der Waals surface area contributed by atoms with Gasteiger partial charge in [0.25, 0.3) is 0 Å². The van der Waals surface area contributed by atoms with Crippen molar-refractivity contribution in [1.29, 1.82) is 0 Å². The molecule has 1 aliphatic heterocycles. The Morgan fingerprint density at radius 3 is 2.94 bits per heavy atom. The summed E-state index contributed by atoms with van der Waals surface area (Å²) in [6.07, 6.45) is 2.53. The number of rotatable bonds is 3. The monoisotopic (exact) mass is 319 g/mol. The summed E-state index contributed by atoms with van der Waals surface area (Å²) in [5, 5.41) is 5.30. The molecular weight excluding hydrogens is 302 g/mol. The van der Waals surface area contributed by atoms with E-state index < -0.39 is 0 Å². The molecule has 1 unspecified atom stereocenters. The maximum Gasteiger partial charge on any atom is 0.0860 e. The van der Waals surface area contributed by atoms with Crippen molar-refractivity contribution in [1.82, 2.24) is 14.7 Å². The molecule has 0 aromatic carbocycles. The number of hydrogen-bond acceptors (Lipinski definition) is 2. The van der Waals surface area contributed by atoms with Crippen molar-refractivity contribution in [3.8, 4) is 0 Å². The summed E-state index contributed by atoms with van der Waals surface area (Å²) in [5.74, 6) is 0. The Morgan fingerprint density at radius 2 is 2.29 bits per heavy atom. The summed E-state index contributed by atoms with van der Waals surface area (Å²) in [7, 11) is 0. The summed E-state index contributed by atoms with van der Waals surface area (Å²) >= 11 is 10.0. The molecule has 0 spiro atoms. The lowest BCUT2D eigenvalue weighted by Crippen LogP contribution is -2.35. The van der Waals surface area contributed by atoms with Crippen LogP contribution in [-0.4, -0.2) is 32.6 Å². The van der Waals surface area contributed by atoms with E-state index in [1.807, 2.05) is 11.6 Å². The van der Waals surface area contributed by atoms with E-state index in [2.05, 4.69) is 32.9 Å². The van der Waals surface area contributed by atoms with Gasteiger partial charge in [0, 0.05) is 24.5 Å². The van der Waals surface area contributed by atoms with Gasteiger partial charge in [0.15, 0.2) is 0 Å². The highest BCUT2D eigenvalue weighted by molar-refractivity contribution is 9.09. The Bertz CT molecular complexity index is 391. The van der Waals surface area contributed by atoms with Gasteiger partial charge < -0.3 is 0 Å². The highest BCUT2D eigenvalue weighted by Crippen LogP contribution is 2.24. The maximum absolute atomic E-state index is 6.33. The zero-order valence-electron chi connectivity index (χ0n) is 10.4. The Morgan fingerprint density at radius 1 is 1.53 bits per heavy atom. The molecule has 1 fully saturated rings. The maximum atomic E-state index is 6.33. The molecule has 0 N–H and O–H groups in total. The van der Waals surface area contributed by atoms with Crippen molar-refractivity contribution in [2.24, 2.45) is 0 Å². The number of alkyl halides is 1. The minimum absolute atomic E-state index is 0.620. The summed E-state index contributed by atoms with van der Waals surface area (Å²) < 4.78 is 2.02. The Labute approximate surface area is 116 Å². The van der Waals surface area contributed by atoms with Crippen LogP contribution in [0.4, 0.5) is 0 Å². The van der Waals surface area contributed by atoms with Gasteiger partial charge in [0.05, 0.1) is 16.4 Å². The average Bonchev–Trinajstić information content (AvgIpc) is 2.57. The van der Waals surface area contributed by atoms with Gasteiger partial charge in [-0.05, 0) is 33.2 Å². The molecular formula is C12H19BrClN3. The smallest absolute Gasteiger partial charge is 0.0860 e. The molecule has 0 aliphatic carbocycles. The van der Waals surface area contributed by atoms with Crippen molar-refractivity contribution in [3.63, 3.8) is 0 Å². The van der Waals surface area contributed by atoms with Gasteiger partial charge in [-0.25, -0.2) is 0 Å². The molecule has 0 radical (unpaired) electrons. The summed E-state index contributed by atoms with van der Waals surface area (Å²) in [6.45, 7) is 8.14. The minimum atomic E-state index is 0.620. The first-order chi connectivity index (χ1) is 8.11. The first-order valence-corrected chi connectivity index (χ1v) is 7.49. The number of piperidine rings is 1. The summed E-state index contributed by atoms with van der Waals surface area (Å²) in [6, 6.07) is 0. The topological polar surface area (TPSA) is 21.1 Å². The Hall–Kier alpha value is -0.0600. The van der Waals surface area contributed by atoms with Crippen LogP contribution in [0.2, 0.25) is 5.02 Å². The molecule has 2 rings (SSSR count). The fourth-order valence-corrected chi connectivity index (χ4v) is 3.30. The largest absolute Gasteiger partial charge is 0.296 e. The fourth-order valence-electron chi connectivity index (χ4n) is 2.37. The van der Waals surface area contributed by atoms with E-state index in [0.29, 0.717) is 4.83 Å². The third kappa shape index (κ3) is 3.04. The molecule has 17 heavy (non-hydrogen) atoms. The number of hydrogen-bond donors (Lipinski definition) is 0. The van der Waals surface area contributed by atoms with Crippen LogP contribution < -0.4 is 0 Å². The number of aryl methyl sites for hydroxylation is 2. The van der Waals surface area contributed by atoms with E-state index in [1.54, 1.807) is 0 Å². The molecule has 5 heteroatoms. The third-order valence-corrected chi connectivity index (χ3v) is 4.51. The molecule has 1 saturated heterocycles. The van der Waals surface area contributed by atoms with Crippen LogP contribution in [0.3, 0.4) is 0 Å². The van der Waals surface area contributed by atoms with E-state index >= 15 is 0 Å². The molecule has 1 aromatic rings. The second-order valence-electron chi connectivity index (χ2n) is 4.64. The van der Waals surface area contributed by atoms with Crippen LogP contribution in [0.5, 0.6) is 0 Å². The lowest BCUT2D eigenvalue weighted by atomic mass is 10.1. The second-order valence-corrected chi connectivity index (χ2v) is 6.31. The number of nitrogens with zero attached hydrogens (tertiary/aromatic N) is 3. The van der Waals surface area contributed by atoms with Gasteiger partial charge in [-0.3, -0.25) is 9.58 Å². The zero-order valence-corrected chi connectivity index (χ0v) is 12.8. The average molecular weight is 321 g/mol. The molecule has 3 nitrogen and oxygen atoms in total. The molecule has 0 bridgehead atoms. The van der Waals surface area contributed by atoms with E-state index in [-0.39, 0.29) is 0 Å². The Balaban J connectivity index is 2.12. The minimum Gasteiger partial charge on any atom is -0.296 e. The van der Waals surface area contributed by atoms with E-state index in [1.165, 1.54) is 12.8 Å². The standard InChI is InChI=1S/C12H19BrClN3/c1-3-17-11(12(14)9(2)15-17)8-16-6-4-5-10(13)7-16/h10H,3-8H2,1-2H3. The molecule has 1 aliphatic rings. The van der Waals surface area contributed by atoms with Gasteiger partial charge in [-0.15, -0.1) is 0 Å². The molecule has 2 heterocycles. The lowest BCUT2D eigenvalue weighted by Gasteiger charge is -2.29. The fraction of sp³-hybridized carbons (Fsp3) is 0.750. The quantitative estimate of drug-likeness (QED) is 0.797. The van der Waals surface area contributed by atoms with Crippen LogP contribution in [0, 0.1) is 6.92 Å². The third-order valence-electron chi connectivity index (χ3n) is 3.27. The van der Waals surface area contributed by atoms with Crippen molar-refractivity contribution < 1.29 is 0 Å². The number of aromatic nitrogens is 2. The molecule has 1 aromatic heterocycles. The number of likely N-dealkylation sites (tertiary alicyclic amines) is 1. The molecule has 1 atom stereocenters. The van der Waals surface area contributed by atoms with Crippen molar-refractivity contribution in [2.75, 3.05) is 13.1 Å². The highest BCUT2D eigenvalue weighted by Gasteiger charge is 2.21. The van der Waals surface area contributed by atoms with Crippen molar-refractivity contribution in [3.05, 3.63) is 16.4 Å². The van der Waals surface area contributed by atoms with Gasteiger partial charge in [-0.2, -0.15) is 5.10 Å². The van der Waals surface area contributed by atoms with Gasteiger partial charge in [-0.1, -0.05) is 27.5 Å². The van der Waals surface area contributed by atoms with Crippen LogP contribution >= 0.6 is 27.5 Å². The summed E-state index contributed by atoms with van der Waals surface area (Å²) in [4.78, 5) is 3.08. The molecule has 0 amide bonds. The SMILES string of the molecule is CCn1nc(C)c(Cl)c1CN1CCCC(Br)C1. The first-order valence-electron chi connectivity index (χ1n) is 6.20. The van der Waals surface area contributed by atoms with E-state index in [4.69, 9.17) is 11.6 Å². The second kappa shape index (κ2) is 5.72. The first kappa shape index (κ1) is 13.4. The van der Waals surface area contributed by atoms with Crippen LogP contribution in [0.25, 0.3) is 0 Å². The Kier molecular flexibility index (Phi) is 4.50. The highest BCUT2D eigenvalue weighted by atomic mass is 79.9. The lowest BCUT2D eigenvalue weighted by molar-refractivity contribution is 0.221.